The fourth-order valence-electron chi connectivity index (χ4n) is 1.63. The van der Waals surface area contributed by atoms with Crippen LogP contribution in [-0.4, -0.2) is 32.9 Å². The van der Waals surface area contributed by atoms with E-state index in [-0.39, 0.29) is 11.5 Å². The molecule has 1 aromatic heterocycles. The number of aromatic nitrogens is 2. The lowest BCUT2D eigenvalue weighted by atomic mass is 10.0. The molecule has 5 nitrogen and oxygen atoms in total. The van der Waals surface area contributed by atoms with Crippen molar-refractivity contribution in [3.05, 3.63) is 53.3 Å². The Labute approximate surface area is 120 Å². The van der Waals surface area contributed by atoms with Crippen molar-refractivity contribution in [3.8, 4) is 0 Å². The van der Waals surface area contributed by atoms with E-state index in [1.165, 1.54) is 18.0 Å². The highest BCUT2D eigenvalue weighted by Gasteiger charge is 2.18. The molecule has 20 heavy (non-hydrogen) atoms. The number of hydrogen-bond donors (Lipinski definition) is 1. The zero-order valence-corrected chi connectivity index (χ0v) is 11.9. The van der Waals surface area contributed by atoms with Gasteiger partial charge in [0.1, 0.15) is 5.69 Å². The van der Waals surface area contributed by atoms with E-state index < -0.39 is 0 Å². The van der Waals surface area contributed by atoms with Crippen LogP contribution >= 0.6 is 11.8 Å². The average molecular weight is 287 g/mol. The molecule has 1 heterocycles. The summed E-state index contributed by atoms with van der Waals surface area (Å²) in [5.74, 6) is -0.377. The summed E-state index contributed by atoms with van der Waals surface area (Å²) in [5.41, 5.74) is 1.72. The number of hydrogen-bond acceptors (Lipinski definition) is 6. The lowest BCUT2D eigenvalue weighted by molar-refractivity contribution is 0.106. The number of ketones is 1. The lowest BCUT2D eigenvalue weighted by Gasteiger charge is -2.04. The van der Waals surface area contributed by atoms with Gasteiger partial charge in [-0.1, -0.05) is 46.7 Å². The summed E-state index contributed by atoms with van der Waals surface area (Å²) in [6.45, 7) is 1.93. The molecule has 2 rings (SSSR count). The third-order valence-corrected chi connectivity index (χ3v) is 3.25. The minimum Gasteiger partial charge on any atom is -0.410 e. The first-order valence-corrected chi connectivity index (χ1v) is 7.09. The van der Waals surface area contributed by atoms with Gasteiger partial charge in [-0.3, -0.25) is 4.79 Å². The first-order chi connectivity index (χ1) is 9.65. The maximum Gasteiger partial charge on any atom is 0.216 e. The maximum absolute atomic E-state index is 12.3. The van der Waals surface area contributed by atoms with Crippen molar-refractivity contribution in [1.82, 2.24) is 9.97 Å². The average Bonchev–Trinajstić information content (AvgIpc) is 2.49. The molecule has 0 saturated carbocycles. The van der Waals surface area contributed by atoms with Gasteiger partial charge in [0.25, 0.3) is 0 Å². The zero-order valence-electron chi connectivity index (χ0n) is 11.1. The smallest absolute Gasteiger partial charge is 0.216 e. The van der Waals surface area contributed by atoms with E-state index in [9.17, 15) is 4.79 Å². The van der Waals surface area contributed by atoms with Crippen molar-refractivity contribution < 1.29 is 10.0 Å². The van der Waals surface area contributed by atoms with Crippen molar-refractivity contribution in [2.45, 2.75) is 12.1 Å². The summed E-state index contributed by atoms with van der Waals surface area (Å²) >= 11 is 1.35. The van der Waals surface area contributed by atoms with E-state index in [1.807, 2.05) is 25.3 Å². The Bertz CT molecular complexity index is 654. The summed E-state index contributed by atoms with van der Waals surface area (Å²) in [5, 5.41) is 12.7. The number of oxime groups is 1. The zero-order chi connectivity index (χ0) is 14.5. The van der Waals surface area contributed by atoms with Gasteiger partial charge in [-0.2, -0.15) is 0 Å². The van der Waals surface area contributed by atoms with Crippen LogP contribution < -0.4 is 0 Å². The van der Waals surface area contributed by atoms with E-state index in [1.54, 1.807) is 18.2 Å². The summed E-state index contributed by atoms with van der Waals surface area (Å²) in [4.78, 5) is 20.5. The topological polar surface area (TPSA) is 75.4 Å². The van der Waals surface area contributed by atoms with Gasteiger partial charge >= 0.3 is 0 Å². The Morgan fingerprint density at radius 1 is 1.25 bits per heavy atom. The molecule has 0 aliphatic heterocycles. The predicted octanol–water partition coefficient (Wildman–Crippen LogP) is 2.57. The second-order valence-corrected chi connectivity index (χ2v) is 4.85. The Balaban J connectivity index is 2.37. The molecule has 1 aromatic carbocycles. The highest BCUT2D eigenvalue weighted by Crippen LogP contribution is 2.12. The molecule has 0 atom stereocenters. The quantitative estimate of drug-likeness (QED) is 0.233. The number of Topliss-reactive ketones (excluding diaryl/α,β-unsaturated/α-hetero) is 1. The van der Waals surface area contributed by atoms with Crippen molar-refractivity contribution in [2.24, 2.45) is 5.16 Å². The molecule has 0 bridgehead atoms. The Morgan fingerprint density at radius 2 is 1.95 bits per heavy atom. The van der Waals surface area contributed by atoms with Gasteiger partial charge in [0.15, 0.2) is 10.9 Å². The summed E-state index contributed by atoms with van der Waals surface area (Å²) in [6, 6.07) is 8.59. The van der Waals surface area contributed by atoms with Crippen LogP contribution in [0.5, 0.6) is 0 Å². The van der Waals surface area contributed by atoms with Crippen LogP contribution in [0.25, 0.3) is 0 Å². The highest BCUT2D eigenvalue weighted by atomic mass is 32.2. The summed E-state index contributed by atoms with van der Waals surface area (Å²) in [7, 11) is 0. The van der Waals surface area contributed by atoms with E-state index in [2.05, 4.69) is 15.1 Å². The van der Waals surface area contributed by atoms with E-state index in [0.29, 0.717) is 16.4 Å². The number of aryl methyl sites for hydroxylation is 1. The van der Waals surface area contributed by atoms with Gasteiger partial charge in [-0.15, -0.1) is 0 Å². The number of rotatable bonds is 4. The summed E-state index contributed by atoms with van der Waals surface area (Å²) < 4.78 is 0. The highest BCUT2D eigenvalue weighted by molar-refractivity contribution is 7.98. The normalized spacial score (nSPS) is 11.4. The van der Waals surface area contributed by atoms with Crippen LogP contribution in [0.4, 0.5) is 0 Å². The van der Waals surface area contributed by atoms with E-state index in [0.717, 1.165) is 5.56 Å². The van der Waals surface area contributed by atoms with E-state index in [4.69, 9.17) is 5.21 Å². The second kappa shape index (κ2) is 6.29. The molecule has 0 saturated heterocycles. The third-order valence-electron chi connectivity index (χ3n) is 2.69. The number of benzene rings is 1. The van der Waals surface area contributed by atoms with Crippen LogP contribution in [0.1, 0.15) is 21.6 Å². The molecular weight excluding hydrogens is 274 g/mol. The molecule has 0 spiro atoms. The minimum absolute atomic E-state index is 0.0912. The minimum atomic E-state index is -0.377. The number of carbonyl (C=O) groups excluding carboxylic acids is 1. The molecule has 0 amide bonds. The molecule has 6 heteroatoms. The van der Waals surface area contributed by atoms with E-state index >= 15 is 0 Å². The molecule has 102 valence electrons. The second-order valence-electron chi connectivity index (χ2n) is 4.07. The van der Waals surface area contributed by atoms with Gasteiger partial charge in [-0.05, 0) is 19.2 Å². The van der Waals surface area contributed by atoms with Crippen molar-refractivity contribution >= 4 is 23.3 Å². The van der Waals surface area contributed by atoms with Crippen LogP contribution in [-0.2, 0) is 0 Å². The Hall–Kier alpha value is -2.21. The maximum atomic E-state index is 12.3. The standard InChI is InChI=1S/C14H13N3O2S/c1-9-3-5-10(6-4-9)13(18)12(17-19)11-7-8-15-14(16-11)20-2/h3-8,19H,1-2H3/b17-12-. The molecule has 0 fully saturated rings. The Morgan fingerprint density at radius 3 is 2.55 bits per heavy atom. The van der Waals surface area contributed by atoms with Gasteiger partial charge in [0.05, 0.1) is 0 Å². The molecule has 0 unspecified atom stereocenters. The van der Waals surface area contributed by atoms with Gasteiger partial charge in [0.2, 0.25) is 5.78 Å². The fraction of sp³-hybridized carbons (Fsp3) is 0.143. The predicted molar refractivity (Wildman–Crippen MR) is 77.6 cm³/mol. The molecular formula is C14H13N3O2S. The Kier molecular flexibility index (Phi) is 4.47. The van der Waals surface area contributed by atoms with Crippen molar-refractivity contribution in [1.29, 1.82) is 0 Å². The molecule has 2 aromatic rings. The van der Waals surface area contributed by atoms with Crippen LogP contribution in [0.3, 0.4) is 0 Å². The van der Waals surface area contributed by atoms with Crippen LogP contribution in [0.2, 0.25) is 0 Å². The summed E-state index contributed by atoms with van der Waals surface area (Å²) in [6.07, 6.45) is 3.36. The van der Waals surface area contributed by atoms with Crippen LogP contribution in [0, 0.1) is 6.92 Å². The number of nitrogens with zero attached hydrogens (tertiary/aromatic N) is 3. The van der Waals surface area contributed by atoms with Gasteiger partial charge in [0, 0.05) is 11.8 Å². The van der Waals surface area contributed by atoms with Crippen molar-refractivity contribution in [3.63, 3.8) is 0 Å². The lowest BCUT2D eigenvalue weighted by Crippen LogP contribution is -2.18. The first-order valence-electron chi connectivity index (χ1n) is 5.86. The number of carbonyl (C=O) groups is 1. The van der Waals surface area contributed by atoms with Gasteiger partial charge in [-0.25, -0.2) is 9.97 Å². The van der Waals surface area contributed by atoms with Gasteiger partial charge < -0.3 is 5.21 Å². The number of thioether (sulfide) groups is 1. The molecule has 0 radical (unpaired) electrons. The molecule has 0 aliphatic rings. The first kappa shape index (κ1) is 14.2. The third kappa shape index (κ3) is 3.03. The molecule has 1 N–H and O–H groups in total. The van der Waals surface area contributed by atoms with Crippen molar-refractivity contribution in [2.75, 3.05) is 6.26 Å². The molecule has 0 aliphatic carbocycles. The monoisotopic (exact) mass is 287 g/mol. The largest absolute Gasteiger partial charge is 0.410 e. The van der Waals surface area contributed by atoms with Crippen LogP contribution in [0.15, 0.2) is 46.8 Å². The SMILES string of the molecule is CSc1nccc(/C(=N/O)C(=O)c2ccc(C)cc2)n1. The fourth-order valence-corrected chi connectivity index (χ4v) is 1.98.